The Balaban J connectivity index is 2.39. The largest absolute Gasteiger partial charge is 0.238 e. The third-order valence-corrected chi connectivity index (χ3v) is 4.99. The molecule has 0 N–H and O–H groups in total. The summed E-state index contributed by atoms with van der Waals surface area (Å²) >= 11 is 0. The van der Waals surface area contributed by atoms with Gasteiger partial charge in [0.25, 0.3) is 0 Å². The van der Waals surface area contributed by atoms with Crippen LogP contribution in [0.2, 0.25) is 0 Å². The lowest BCUT2D eigenvalue weighted by Crippen LogP contribution is -2.06. The lowest BCUT2D eigenvalue weighted by atomic mass is 10.0. The second kappa shape index (κ2) is 13.4. The molecule has 1 aromatic heterocycles. The molecule has 0 fully saturated rings. The molecule has 0 radical (unpaired) electrons. The molecule has 0 unspecified atom stereocenters. The van der Waals surface area contributed by atoms with Gasteiger partial charge in [-0.3, -0.25) is 0 Å². The van der Waals surface area contributed by atoms with Gasteiger partial charge in [0.1, 0.15) is 5.82 Å². The van der Waals surface area contributed by atoms with E-state index < -0.39 is 0 Å². The first-order valence-electron chi connectivity index (χ1n) is 10.5. The predicted octanol–water partition coefficient (Wildman–Crippen LogP) is 6.90. The molecule has 0 saturated carbocycles. The fourth-order valence-electron chi connectivity index (χ4n) is 3.38. The summed E-state index contributed by atoms with van der Waals surface area (Å²) in [6.07, 6.45) is 18.4. The van der Waals surface area contributed by atoms with Crippen LogP contribution in [0, 0.1) is 13.8 Å². The van der Waals surface area contributed by atoms with E-state index in [0.29, 0.717) is 0 Å². The predicted molar refractivity (Wildman–Crippen MR) is 106 cm³/mol. The Morgan fingerprint density at radius 2 is 0.917 bits per heavy atom. The third-order valence-electron chi connectivity index (χ3n) is 4.99. The highest BCUT2D eigenvalue weighted by molar-refractivity contribution is 5.24. The maximum atomic E-state index is 4.72. The number of hydrogen-bond acceptors (Lipinski definition) is 2. The van der Waals surface area contributed by atoms with Gasteiger partial charge in [-0.15, -0.1) is 0 Å². The van der Waals surface area contributed by atoms with Crippen LogP contribution in [0.1, 0.15) is 114 Å². The van der Waals surface area contributed by atoms with Gasteiger partial charge >= 0.3 is 0 Å². The molecule has 0 bridgehead atoms. The quantitative estimate of drug-likeness (QED) is 0.346. The average Bonchev–Trinajstić information content (AvgIpc) is 2.57. The maximum absolute atomic E-state index is 4.72. The average molecular weight is 333 g/mol. The number of aryl methyl sites for hydroxylation is 3. The number of hydrogen-bond donors (Lipinski definition) is 0. The van der Waals surface area contributed by atoms with Crippen molar-refractivity contribution in [2.24, 2.45) is 0 Å². The Kier molecular flexibility index (Phi) is 11.8. The standard InChI is InChI=1S/C22H40N2/c1-5-7-9-11-13-15-17-21-19(3)22(24-20(4)23-21)18-16-14-12-10-8-6-2/h5-18H2,1-4H3. The van der Waals surface area contributed by atoms with Crippen LogP contribution in [0.3, 0.4) is 0 Å². The van der Waals surface area contributed by atoms with Gasteiger partial charge in [0.2, 0.25) is 0 Å². The molecule has 0 aromatic carbocycles. The molecule has 2 heteroatoms. The minimum Gasteiger partial charge on any atom is -0.238 e. The summed E-state index contributed by atoms with van der Waals surface area (Å²) < 4.78 is 0. The Morgan fingerprint density at radius 3 is 1.33 bits per heavy atom. The lowest BCUT2D eigenvalue weighted by molar-refractivity contribution is 0.596. The smallest absolute Gasteiger partial charge is 0.125 e. The van der Waals surface area contributed by atoms with Crippen molar-refractivity contribution < 1.29 is 0 Å². The normalized spacial score (nSPS) is 11.2. The van der Waals surface area contributed by atoms with Crippen molar-refractivity contribution in [2.45, 2.75) is 118 Å². The number of nitrogens with zero attached hydrogens (tertiary/aromatic N) is 2. The molecule has 0 aliphatic carbocycles. The van der Waals surface area contributed by atoms with Crippen LogP contribution in [0.25, 0.3) is 0 Å². The monoisotopic (exact) mass is 332 g/mol. The molecule has 1 rings (SSSR count). The van der Waals surface area contributed by atoms with Crippen LogP contribution >= 0.6 is 0 Å². The maximum Gasteiger partial charge on any atom is 0.125 e. The van der Waals surface area contributed by atoms with Gasteiger partial charge in [-0.2, -0.15) is 0 Å². The number of rotatable bonds is 14. The molecule has 0 aliphatic heterocycles. The third kappa shape index (κ3) is 8.80. The topological polar surface area (TPSA) is 25.8 Å². The minimum atomic E-state index is 0.961. The molecule has 0 spiro atoms. The second-order valence-corrected chi connectivity index (χ2v) is 7.32. The molecular weight excluding hydrogens is 292 g/mol. The Hall–Kier alpha value is -0.920. The molecule has 0 saturated heterocycles. The minimum absolute atomic E-state index is 0.961. The summed E-state index contributed by atoms with van der Waals surface area (Å²) in [4.78, 5) is 9.45. The van der Waals surface area contributed by atoms with E-state index in [1.165, 1.54) is 94.0 Å². The summed E-state index contributed by atoms with van der Waals surface area (Å²) in [6.45, 7) is 8.84. The van der Waals surface area contributed by atoms with Gasteiger partial charge in [-0.25, -0.2) is 9.97 Å². The lowest BCUT2D eigenvalue weighted by Gasteiger charge is -2.11. The number of unbranched alkanes of at least 4 members (excludes halogenated alkanes) is 10. The van der Waals surface area contributed by atoms with Crippen molar-refractivity contribution in [3.8, 4) is 0 Å². The summed E-state index contributed by atoms with van der Waals surface area (Å²) in [5, 5.41) is 0. The van der Waals surface area contributed by atoms with E-state index in [9.17, 15) is 0 Å². The van der Waals surface area contributed by atoms with Crippen LogP contribution in [-0.4, -0.2) is 9.97 Å². The van der Waals surface area contributed by atoms with Crippen molar-refractivity contribution in [1.82, 2.24) is 9.97 Å². The van der Waals surface area contributed by atoms with Gasteiger partial charge in [-0.05, 0) is 45.1 Å². The SMILES string of the molecule is CCCCCCCCc1nc(C)nc(CCCCCCCC)c1C. The van der Waals surface area contributed by atoms with Crippen LogP contribution in [0.4, 0.5) is 0 Å². The summed E-state index contributed by atoms with van der Waals surface area (Å²) in [7, 11) is 0. The van der Waals surface area contributed by atoms with E-state index >= 15 is 0 Å². The highest BCUT2D eigenvalue weighted by atomic mass is 14.9. The van der Waals surface area contributed by atoms with E-state index in [1.54, 1.807) is 0 Å². The molecule has 1 heterocycles. The zero-order valence-corrected chi connectivity index (χ0v) is 16.8. The van der Waals surface area contributed by atoms with Gasteiger partial charge in [0, 0.05) is 11.4 Å². The zero-order valence-electron chi connectivity index (χ0n) is 16.8. The molecular formula is C22H40N2. The Morgan fingerprint density at radius 1 is 0.542 bits per heavy atom. The molecule has 0 amide bonds. The van der Waals surface area contributed by atoms with Gasteiger partial charge in [0.15, 0.2) is 0 Å². The van der Waals surface area contributed by atoms with E-state index in [2.05, 4.69) is 27.7 Å². The van der Waals surface area contributed by atoms with Crippen LogP contribution in [0.15, 0.2) is 0 Å². The van der Waals surface area contributed by atoms with Crippen molar-refractivity contribution in [2.75, 3.05) is 0 Å². The second-order valence-electron chi connectivity index (χ2n) is 7.32. The van der Waals surface area contributed by atoms with Crippen molar-refractivity contribution >= 4 is 0 Å². The highest BCUT2D eigenvalue weighted by Gasteiger charge is 2.09. The molecule has 138 valence electrons. The highest BCUT2D eigenvalue weighted by Crippen LogP contribution is 2.17. The van der Waals surface area contributed by atoms with Gasteiger partial charge in [0.05, 0.1) is 0 Å². The first kappa shape index (κ1) is 21.1. The first-order chi connectivity index (χ1) is 11.7. The van der Waals surface area contributed by atoms with E-state index in [4.69, 9.17) is 9.97 Å². The summed E-state index contributed by atoms with van der Waals surface area (Å²) in [5.74, 6) is 0.961. The van der Waals surface area contributed by atoms with Gasteiger partial charge < -0.3 is 0 Å². The fraction of sp³-hybridized carbons (Fsp3) is 0.818. The summed E-state index contributed by atoms with van der Waals surface area (Å²) in [6, 6.07) is 0. The molecule has 0 atom stereocenters. The van der Waals surface area contributed by atoms with Crippen molar-refractivity contribution in [3.63, 3.8) is 0 Å². The summed E-state index contributed by atoms with van der Waals surface area (Å²) in [5.41, 5.74) is 3.97. The van der Waals surface area contributed by atoms with E-state index in [1.807, 2.05) is 0 Å². The van der Waals surface area contributed by atoms with E-state index in [-0.39, 0.29) is 0 Å². The number of aromatic nitrogens is 2. The molecule has 0 aliphatic rings. The molecule has 24 heavy (non-hydrogen) atoms. The Labute approximate surface area is 150 Å². The van der Waals surface area contributed by atoms with Crippen LogP contribution in [-0.2, 0) is 12.8 Å². The van der Waals surface area contributed by atoms with Crippen molar-refractivity contribution in [3.05, 3.63) is 22.8 Å². The van der Waals surface area contributed by atoms with E-state index in [0.717, 1.165) is 18.7 Å². The van der Waals surface area contributed by atoms with Crippen molar-refractivity contribution in [1.29, 1.82) is 0 Å². The molecule has 1 aromatic rings. The molecule has 2 nitrogen and oxygen atoms in total. The first-order valence-corrected chi connectivity index (χ1v) is 10.5. The fourth-order valence-corrected chi connectivity index (χ4v) is 3.38. The van der Waals surface area contributed by atoms with Gasteiger partial charge in [-0.1, -0.05) is 78.1 Å². The van der Waals surface area contributed by atoms with Crippen LogP contribution < -0.4 is 0 Å². The Bertz CT molecular complexity index is 403. The van der Waals surface area contributed by atoms with Crippen LogP contribution in [0.5, 0.6) is 0 Å². The zero-order chi connectivity index (χ0) is 17.6.